The minimum absolute atomic E-state index is 0.0608. The maximum atomic E-state index is 11.7. The number of alkyl halides is 1. The van der Waals surface area contributed by atoms with E-state index in [2.05, 4.69) is 15.9 Å². The van der Waals surface area contributed by atoms with E-state index in [1.807, 2.05) is 6.92 Å². The molecule has 4 heteroatoms. The molecule has 1 heterocycles. The topological polar surface area (TPSA) is 35.5 Å². The van der Waals surface area contributed by atoms with E-state index >= 15 is 0 Å². The van der Waals surface area contributed by atoms with Crippen molar-refractivity contribution in [1.29, 1.82) is 0 Å². The van der Waals surface area contributed by atoms with Crippen molar-refractivity contribution in [3.8, 4) is 0 Å². The highest BCUT2D eigenvalue weighted by Gasteiger charge is 2.45. The highest BCUT2D eigenvalue weighted by atomic mass is 79.9. The number of hydrogen-bond acceptors (Lipinski definition) is 3. The molecule has 98 valence electrons. The van der Waals surface area contributed by atoms with Gasteiger partial charge in [0, 0.05) is 0 Å². The Morgan fingerprint density at radius 1 is 1.29 bits per heavy atom. The molecule has 0 unspecified atom stereocenters. The summed E-state index contributed by atoms with van der Waals surface area (Å²) in [4.78, 5) is 11.7. The van der Waals surface area contributed by atoms with Crippen molar-refractivity contribution in [3.63, 3.8) is 0 Å². The van der Waals surface area contributed by atoms with Crippen LogP contribution in [0.2, 0.25) is 0 Å². The van der Waals surface area contributed by atoms with Gasteiger partial charge in [-0.15, -0.1) is 0 Å². The second-order valence-corrected chi connectivity index (χ2v) is 7.00. The number of ether oxygens (including phenoxy) is 2. The summed E-state index contributed by atoms with van der Waals surface area (Å²) >= 11 is 3.49. The quantitative estimate of drug-likeness (QED) is 0.581. The summed E-state index contributed by atoms with van der Waals surface area (Å²) in [5.74, 6) is 0.470. The fourth-order valence-electron chi connectivity index (χ4n) is 3.06. The van der Waals surface area contributed by atoms with E-state index in [1.165, 1.54) is 32.8 Å². The normalized spacial score (nSPS) is 36.8. The van der Waals surface area contributed by atoms with E-state index in [-0.39, 0.29) is 12.1 Å². The molecular weight excluding hydrogens is 284 g/mol. The van der Waals surface area contributed by atoms with Crippen LogP contribution < -0.4 is 0 Å². The summed E-state index contributed by atoms with van der Waals surface area (Å²) in [6.45, 7) is 1.85. The van der Waals surface area contributed by atoms with Gasteiger partial charge in [0.1, 0.15) is 4.32 Å². The standard InChI is InChI=1S/C13H21BrO3/c1-13(14,12(15)16-2)11-8-7-9-5-3-4-6-10(9)17-11/h9-11H,3-8H2,1-2H3/t9-,10+,11-,13-/m0/s1. The fourth-order valence-corrected chi connectivity index (χ4v) is 3.56. The van der Waals surface area contributed by atoms with Gasteiger partial charge in [0.2, 0.25) is 0 Å². The molecule has 0 aromatic heterocycles. The van der Waals surface area contributed by atoms with Crippen molar-refractivity contribution in [2.45, 2.75) is 62.0 Å². The minimum atomic E-state index is -0.704. The second-order valence-electron chi connectivity index (χ2n) is 5.35. The average Bonchev–Trinajstić information content (AvgIpc) is 2.37. The molecule has 0 bridgehead atoms. The van der Waals surface area contributed by atoms with Gasteiger partial charge in [0.05, 0.1) is 19.3 Å². The van der Waals surface area contributed by atoms with Crippen LogP contribution in [-0.2, 0) is 14.3 Å². The first-order chi connectivity index (χ1) is 8.05. The largest absolute Gasteiger partial charge is 0.468 e. The molecule has 0 aromatic rings. The number of halogens is 1. The molecule has 2 rings (SSSR count). The first-order valence-corrected chi connectivity index (χ1v) is 7.27. The lowest BCUT2D eigenvalue weighted by atomic mass is 9.79. The van der Waals surface area contributed by atoms with Crippen molar-refractivity contribution in [3.05, 3.63) is 0 Å². The van der Waals surface area contributed by atoms with E-state index < -0.39 is 4.32 Å². The second kappa shape index (κ2) is 5.27. The molecule has 1 aliphatic heterocycles. The van der Waals surface area contributed by atoms with Crippen LogP contribution in [0.3, 0.4) is 0 Å². The van der Waals surface area contributed by atoms with Crippen LogP contribution in [0.1, 0.15) is 45.4 Å². The lowest BCUT2D eigenvalue weighted by molar-refractivity contribution is -0.156. The zero-order valence-corrected chi connectivity index (χ0v) is 12.2. The van der Waals surface area contributed by atoms with Crippen molar-refractivity contribution in [2.75, 3.05) is 7.11 Å². The Balaban J connectivity index is 2.01. The summed E-state index contributed by atoms with van der Waals surface area (Å²) in [7, 11) is 1.42. The van der Waals surface area contributed by atoms with Crippen molar-refractivity contribution >= 4 is 21.9 Å². The lowest BCUT2D eigenvalue weighted by Gasteiger charge is -2.43. The Kier molecular flexibility index (Phi) is 4.14. The van der Waals surface area contributed by atoms with Gasteiger partial charge in [-0.2, -0.15) is 0 Å². The number of carbonyl (C=O) groups excluding carboxylic acids is 1. The van der Waals surface area contributed by atoms with E-state index in [1.54, 1.807) is 0 Å². The number of methoxy groups -OCH3 is 1. The van der Waals surface area contributed by atoms with Crippen molar-refractivity contribution < 1.29 is 14.3 Å². The predicted molar refractivity (Wildman–Crippen MR) is 69.2 cm³/mol. The Labute approximate surface area is 111 Å². The summed E-state index contributed by atoms with van der Waals surface area (Å²) in [6.07, 6.45) is 7.42. The molecule has 1 saturated heterocycles. The summed E-state index contributed by atoms with van der Waals surface area (Å²) in [6, 6.07) is 0. The molecule has 0 spiro atoms. The SMILES string of the molecule is COC(=O)[C@@](C)(Br)[C@@H]1CC[C@@H]2CCCC[C@H]2O1. The molecule has 0 amide bonds. The monoisotopic (exact) mass is 304 g/mol. The first-order valence-electron chi connectivity index (χ1n) is 6.48. The molecule has 0 N–H and O–H groups in total. The van der Waals surface area contributed by atoms with Crippen LogP contribution in [0.4, 0.5) is 0 Å². The molecule has 0 radical (unpaired) electrons. The molecule has 2 fully saturated rings. The molecule has 4 atom stereocenters. The molecule has 17 heavy (non-hydrogen) atoms. The predicted octanol–water partition coefficient (Wildman–Crippen LogP) is 3.05. The Morgan fingerprint density at radius 3 is 2.71 bits per heavy atom. The summed E-state index contributed by atoms with van der Waals surface area (Å²) in [5.41, 5.74) is 0. The Hall–Kier alpha value is -0.0900. The van der Waals surface area contributed by atoms with E-state index in [0.29, 0.717) is 12.0 Å². The number of esters is 1. The minimum Gasteiger partial charge on any atom is -0.468 e. The van der Waals surface area contributed by atoms with E-state index in [0.717, 1.165) is 12.8 Å². The van der Waals surface area contributed by atoms with Crippen molar-refractivity contribution in [1.82, 2.24) is 0 Å². The molecule has 2 aliphatic rings. The molecule has 1 aliphatic carbocycles. The van der Waals surface area contributed by atoms with Gasteiger partial charge in [-0.1, -0.05) is 28.8 Å². The van der Waals surface area contributed by atoms with Crippen LogP contribution in [0, 0.1) is 5.92 Å². The van der Waals surface area contributed by atoms with Gasteiger partial charge >= 0.3 is 5.97 Å². The van der Waals surface area contributed by atoms with Gasteiger partial charge in [-0.05, 0) is 38.5 Å². The number of fused-ring (bicyclic) bond motifs is 1. The average molecular weight is 305 g/mol. The zero-order valence-electron chi connectivity index (χ0n) is 10.6. The highest BCUT2D eigenvalue weighted by molar-refractivity contribution is 9.10. The number of rotatable bonds is 2. The Bertz CT molecular complexity index is 290. The van der Waals surface area contributed by atoms with Crippen molar-refractivity contribution in [2.24, 2.45) is 5.92 Å². The third kappa shape index (κ3) is 2.68. The van der Waals surface area contributed by atoms with Gasteiger partial charge in [0.25, 0.3) is 0 Å². The van der Waals surface area contributed by atoms with Gasteiger partial charge in [-0.25, -0.2) is 0 Å². The van der Waals surface area contributed by atoms with Crippen LogP contribution in [0.25, 0.3) is 0 Å². The summed E-state index contributed by atoms with van der Waals surface area (Å²) in [5, 5.41) is 0. The maximum Gasteiger partial charge on any atom is 0.325 e. The smallest absolute Gasteiger partial charge is 0.325 e. The van der Waals surface area contributed by atoms with Gasteiger partial charge in [-0.3, -0.25) is 4.79 Å². The Morgan fingerprint density at radius 2 is 2.00 bits per heavy atom. The van der Waals surface area contributed by atoms with Crippen LogP contribution >= 0.6 is 15.9 Å². The number of hydrogen-bond donors (Lipinski definition) is 0. The highest BCUT2D eigenvalue weighted by Crippen LogP contribution is 2.41. The van der Waals surface area contributed by atoms with Gasteiger partial charge in [0.15, 0.2) is 0 Å². The lowest BCUT2D eigenvalue weighted by Crippen LogP contribution is -2.49. The molecule has 3 nitrogen and oxygen atoms in total. The maximum absolute atomic E-state index is 11.7. The van der Waals surface area contributed by atoms with Crippen LogP contribution in [0.5, 0.6) is 0 Å². The van der Waals surface area contributed by atoms with Crippen LogP contribution in [0.15, 0.2) is 0 Å². The zero-order chi connectivity index (χ0) is 12.5. The fraction of sp³-hybridized carbons (Fsp3) is 0.923. The van der Waals surface area contributed by atoms with E-state index in [9.17, 15) is 4.79 Å². The summed E-state index contributed by atoms with van der Waals surface area (Å²) < 4.78 is 10.3. The third-order valence-corrected chi connectivity index (χ3v) is 5.00. The molecular formula is C13H21BrO3. The number of carbonyl (C=O) groups is 1. The molecule has 1 saturated carbocycles. The van der Waals surface area contributed by atoms with Crippen LogP contribution in [-0.4, -0.2) is 29.6 Å². The van der Waals surface area contributed by atoms with Gasteiger partial charge < -0.3 is 9.47 Å². The van der Waals surface area contributed by atoms with E-state index in [4.69, 9.17) is 9.47 Å². The third-order valence-electron chi connectivity index (χ3n) is 4.17. The first kappa shape index (κ1) is 13.3. The molecule has 0 aromatic carbocycles.